The van der Waals surface area contributed by atoms with E-state index in [2.05, 4.69) is 24.3 Å². The van der Waals surface area contributed by atoms with Gasteiger partial charge in [-0.2, -0.15) is 0 Å². The van der Waals surface area contributed by atoms with Crippen LogP contribution in [0.15, 0.2) is 24.3 Å². The third-order valence-electron chi connectivity index (χ3n) is 5.06. The van der Waals surface area contributed by atoms with Crippen LogP contribution < -0.4 is 0 Å². The molecule has 1 N–H and O–H groups in total. The van der Waals surface area contributed by atoms with E-state index in [-0.39, 0.29) is 5.92 Å². The van der Waals surface area contributed by atoms with Gasteiger partial charge in [0.2, 0.25) is 0 Å². The average molecular weight is 258 g/mol. The third kappa shape index (κ3) is 2.54. The molecule has 2 aliphatic rings. The van der Waals surface area contributed by atoms with Crippen molar-refractivity contribution in [3.63, 3.8) is 0 Å². The van der Waals surface area contributed by atoms with Crippen molar-refractivity contribution in [3.8, 4) is 0 Å². The maximum absolute atomic E-state index is 11.3. The minimum Gasteiger partial charge on any atom is -0.481 e. The predicted octanol–water partition coefficient (Wildman–Crippen LogP) is 4.00. The first-order valence-electron chi connectivity index (χ1n) is 7.56. The molecule has 0 heterocycles. The Hall–Kier alpha value is -1.31. The molecule has 3 rings (SSSR count). The highest BCUT2D eigenvalue weighted by Crippen LogP contribution is 2.42. The SMILES string of the molecule is O=C(O)C1CCCC1CC1CCCc2ccccc21. The van der Waals surface area contributed by atoms with Crippen molar-refractivity contribution in [2.24, 2.45) is 11.8 Å². The van der Waals surface area contributed by atoms with Crippen LogP contribution in [-0.4, -0.2) is 11.1 Å². The first-order valence-corrected chi connectivity index (χ1v) is 7.56. The normalized spacial score (nSPS) is 30.0. The molecule has 19 heavy (non-hydrogen) atoms. The van der Waals surface area contributed by atoms with Gasteiger partial charge in [0.25, 0.3) is 0 Å². The van der Waals surface area contributed by atoms with Crippen molar-refractivity contribution in [1.82, 2.24) is 0 Å². The second kappa shape index (κ2) is 5.36. The summed E-state index contributed by atoms with van der Waals surface area (Å²) in [6, 6.07) is 8.74. The van der Waals surface area contributed by atoms with Gasteiger partial charge in [0.1, 0.15) is 0 Å². The lowest BCUT2D eigenvalue weighted by Crippen LogP contribution is -2.21. The van der Waals surface area contributed by atoms with Crippen molar-refractivity contribution in [2.45, 2.75) is 50.9 Å². The Kier molecular flexibility index (Phi) is 3.58. The van der Waals surface area contributed by atoms with E-state index >= 15 is 0 Å². The maximum Gasteiger partial charge on any atom is 0.306 e. The number of hydrogen-bond donors (Lipinski definition) is 1. The van der Waals surface area contributed by atoms with E-state index in [1.807, 2.05) is 0 Å². The lowest BCUT2D eigenvalue weighted by atomic mass is 9.76. The fourth-order valence-corrected chi connectivity index (χ4v) is 4.11. The van der Waals surface area contributed by atoms with Gasteiger partial charge in [0.15, 0.2) is 0 Å². The predicted molar refractivity (Wildman–Crippen MR) is 75.2 cm³/mol. The largest absolute Gasteiger partial charge is 0.481 e. The number of rotatable bonds is 3. The first-order chi connectivity index (χ1) is 9.25. The van der Waals surface area contributed by atoms with Crippen LogP contribution in [0.3, 0.4) is 0 Å². The molecule has 0 spiro atoms. The molecule has 0 aliphatic heterocycles. The molecule has 102 valence electrons. The van der Waals surface area contributed by atoms with Crippen molar-refractivity contribution >= 4 is 5.97 Å². The maximum atomic E-state index is 11.3. The van der Waals surface area contributed by atoms with Crippen LogP contribution >= 0.6 is 0 Å². The Bertz CT molecular complexity index is 466. The van der Waals surface area contributed by atoms with Gasteiger partial charge in [0.05, 0.1) is 5.92 Å². The van der Waals surface area contributed by atoms with Gasteiger partial charge in [-0.1, -0.05) is 30.7 Å². The van der Waals surface area contributed by atoms with Crippen LogP contribution in [0, 0.1) is 11.8 Å². The minimum atomic E-state index is -0.577. The number of carbonyl (C=O) groups is 1. The smallest absolute Gasteiger partial charge is 0.306 e. The molecule has 2 aliphatic carbocycles. The fraction of sp³-hybridized carbons (Fsp3) is 0.588. The van der Waals surface area contributed by atoms with Crippen LogP contribution in [-0.2, 0) is 11.2 Å². The zero-order chi connectivity index (χ0) is 13.2. The summed E-state index contributed by atoms with van der Waals surface area (Å²) in [5.41, 5.74) is 2.98. The summed E-state index contributed by atoms with van der Waals surface area (Å²) >= 11 is 0. The third-order valence-corrected chi connectivity index (χ3v) is 5.06. The van der Waals surface area contributed by atoms with E-state index in [1.165, 1.54) is 30.4 Å². The van der Waals surface area contributed by atoms with Crippen molar-refractivity contribution in [2.75, 3.05) is 0 Å². The van der Waals surface area contributed by atoms with Gasteiger partial charge in [0, 0.05) is 0 Å². The molecule has 1 fully saturated rings. The molecule has 0 saturated heterocycles. The zero-order valence-corrected chi connectivity index (χ0v) is 11.3. The van der Waals surface area contributed by atoms with E-state index in [9.17, 15) is 9.90 Å². The molecule has 1 aromatic rings. The number of aliphatic carboxylic acids is 1. The first kappa shape index (κ1) is 12.7. The minimum absolute atomic E-state index is 0.0888. The molecule has 1 saturated carbocycles. The summed E-state index contributed by atoms with van der Waals surface area (Å²) in [6.45, 7) is 0. The molecule has 0 aromatic heterocycles. The summed E-state index contributed by atoms with van der Waals surface area (Å²) < 4.78 is 0. The van der Waals surface area contributed by atoms with Crippen LogP contribution in [0.5, 0.6) is 0 Å². The van der Waals surface area contributed by atoms with Gasteiger partial charge < -0.3 is 5.11 Å². The number of benzene rings is 1. The molecule has 2 nitrogen and oxygen atoms in total. The molecule has 0 amide bonds. The van der Waals surface area contributed by atoms with E-state index < -0.39 is 5.97 Å². The Morgan fingerprint density at radius 2 is 2.00 bits per heavy atom. The Balaban J connectivity index is 1.76. The summed E-state index contributed by atoms with van der Waals surface area (Å²) in [6.07, 6.45) is 7.85. The Morgan fingerprint density at radius 3 is 2.84 bits per heavy atom. The van der Waals surface area contributed by atoms with Crippen LogP contribution in [0.4, 0.5) is 0 Å². The van der Waals surface area contributed by atoms with Crippen LogP contribution in [0.25, 0.3) is 0 Å². The highest BCUT2D eigenvalue weighted by atomic mass is 16.4. The van der Waals surface area contributed by atoms with Crippen LogP contribution in [0.2, 0.25) is 0 Å². The Morgan fingerprint density at radius 1 is 1.16 bits per heavy atom. The molecular weight excluding hydrogens is 236 g/mol. The van der Waals surface area contributed by atoms with E-state index in [1.54, 1.807) is 0 Å². The molecule has 3 atom stereocenters. The van der Waals surface area contributed by atoms with Gasteiger partial charge >= 0.3 is 5.97 Å². The molecule has 1 aromatic carbocycles. The number of carboxylic acid groups (broad SMARTS) is 1. The van der Waals surface area contributed by atoms with Crippen molar-refractivity contribution < 1.29 is 9.90 Å². The summed E-state index contributed by atoms with van der Waals surface area (Å²) in [5.74, 6) is 0.323. The van der Waals surface area contributed by atoms with Gasteiger partial charge in [-0.3, -0.25) is 4.79 Å². The summed E-state index contributed by atoms with van der Waals surface area (Å²) in [7, 11) is 0. The topological polar surface area (TPSA) is 37.3 Å². The number of carboxylic acids is 1. The molecular formula is C17H22O2. The molecule has 2 heteroatoms. The molecule has 3 unspecified atom stereocenters. The van der Waals surface area contributed by atoms with Crippen molar-refractivity contribution in [3.05, 3.63) is 35.4 Å². The highest BCUT2D eigenvalue weighted by molar-refractivity contribution is 5.70. The molecule has 0 radical (unpaired) electrons. The van der Waals surface area contributed by atoms with E-state index in [0.717, 1.165) is 25.7 Å². The lowest BCUT2D eigenvalue weighted by molar-refractivity contribution is -0.143. The quantitative estimate of drug-likeness (QED) is 0.889. The van der Waals surface area contributed by atoms with Gasteiger partial charge in [-0.05, 0) is 61.5 Å². The van der Waals surface area contributed by atoms with Crippen LogP contribution in [0.1, 0.15) is 55.6 Å². The number of aryl methyl sites for hydroxylation is 1. The lowest BCUT2D eigenvalue weighted by Gasteiger charge is -2.29. The second-order valence-electron chi connectivity index (χ2n) is 6.16. The van der Waals surface area contributed by atoms with Gasteiger partial charge in [-0.25, -0.2) is 0 Å². The number of hydrogen-bond acceptors (Lipinski definition) is 1. The monoisotopic (exact) mass is 258 g/mol. The summed E-state index contributed by atoms with van der Waals surface area (Å²) in [4.78, 5) is 11.3. The summed E-state index contributed by atoms with van der Waals surface area (Å²) in [5, 5.41) is 9.31. The Labute approximate surface area is 114 Å². The standard InChI is InChI=1S/C17H22O2/c18-17(19)16-10-4-8-14(16)11-13-7-3-6-12-5-1-2-9-15(12)13/h1-2,5,9,13-14,16H,3-4,6-8,10-11H2,(H,18,19). The zero-order valence-electron chi connectivity index (χ0n) is 11.3. The van der Waals surface area contributed by atoms with E-state index in [4.69, 9.17) is 0 Å². The van der Waals surface area contributed by atoms with Gasteiger partial charge in [-0.15, -0.1) is 0 Å². The second-order valence-corrected chi connectivity index (χ2v) is 6.16. The fourth-order valence-electron chi connectivity index (χ4n) is 4.11. The van der Waals surface area contributed by atoms with E-state index in [0.29, 0.717) is 11.8 Å². The average Bonchev–Trinajstić information content (AvgIpc) is 2.87. The highest BCUT2D eigenvalue weighted by Gasteiger charge is 2.35. The van der Waals surface area contributed by atoms with Crippen molar-refractivity contribution in [1.29, 1.82) is 0 Å². The molecule has 0 bridgehead atoms. The number of fused-ring (bicyclic) bond motifs is 1.